The van der Waals surface area contributed by atoms with Gasteiger partial charge in [0.15, 0.2) is 0 Å². The highest BCUT2D eigenvalue weighted by atomic mass is 16.5. The molecule has 32 heavy (non-hydrogen) atoms. The second kappa shape index (κ2) is 10.9. The zero-order valence-electron chi connectivity index (χ0n) is 19.6. The standard InChI is InChI=1S/C30H36O2/c1-3-29-25(10-11-27(29)20-23-7-5-4-6-8-23)12-13-28(31)21-24-9-14-30(22(2)19-24)26-15-17-32-18-16-26/h4-11,14,19,26,29H,3,12-13,15-18,20-21H2,1-2H3. The molecule has 0 aromatic heterocycles. The summed E-state index contributed by atoms with van der Waals surface area (Å²) < 4.78 is 5.51. The van der Waals surface area contributed by atoms with Gasteiger partial charge in [0.2, 0.25) is 0 Å². The maximum absolute atomic E-state index is 12.8. The summed E-state index contributed by atoms with van der Waals surface area (Å²) in [7, 11) is 0. The predicted octanol–water partition coefficient (Wildman–Crippen LogP) is 6.92. The highest BCUT2D eigenvalue weighted by molar-refractivity contribution is 5.81. The molecule has 2 aliphatic rings. The summed E-state index contributed by atoms with van der Waals surface area (Å²) >= 11 is 0. The number of aryl methyl sites for hydroxylation is 1. The maximum Gasteiger partial charge on any atom is 0.137 e. The molecule has 168 valence electrons. The fraction of sp³-hybridized carbons (Fsp3) is 0.433. The van der Waals surface area contributed by atoms with Crippen LogP contribution in [0.1, 0.15) is 67.2 Å². The van der Waals surface area contributed by atoms with Gasteiger partial charge in [0.25, 0.3) is 0 Å². The summed E-state index contributed by atoms with van der Waals surface area (Å²) in [4.78, 5) is 12.8. The highest BCUT2D eigenvalue weighted by Gasteiger charge is 2.22. The van der Waals surface area contributed by atoms with Gasteiger partial charge in [0.1, 0.15) is 5.78 Å². The van der Waals surface area contributed by atoms with Crippen LogP contribution < -0.4 is 0 Å². The summed E-state index contributed by atoms with van der Waals surface area (Å²) in [5.41, 5.74) is 8.18. The average molecular weight is 429 g/mol. The summed E-state index contributed by atoms with van der Waals surface area (Å²) in [5.74, 6) is 1.44. The van der Waals surface area contributed by atoms with Gasteiger partial charge in [-0.15, -0.1) is 0 Å². The molecule has 1 unspecified atom stereocenters. The van der Waals surface area contributed by atoms with Crippen LogP contribution in [0, 0.1) is 12.8 Å². The van der Waals surface area contributed by atoms with Gasteiger partial charge < -0.3 is 4.74 Å². The Labute approximate surface area is 193 Å². The Hall–Kier alpha value is -2.45. The molecule has 1 saturated heterocycles. The van der Waals surface area contributed by atoms with Crippen molar-refractivity contribution in [3.05, 3.63) is 94.1 Å². The van der Waals surface area contributed by atoms with Crippen LogP contribution in [0.25, 0.3) is 0 Å². The Morgan fingerprint density at radius 1 is 0.969 bits per heavy atom. The van der Waals surface area contributed by atoms with E-state index in [1.807, 2.05) is 0 Å². The van der Waals surface area contributed by atoms with Crippen molar-refractivity contribution < 1.29 is 9.53 Å². The van der Waals surface area contributed by atoms with Gasteiger partial charge >= 0.3 is 0 Å². The molecule has 4 rings (SSSR count). The molecule has 1 heterocycles. The summed E-state index contributed by atoms with van der Waals surface area (Å²) in [6.45, 7) is 6.17. The third-order valence-electron chi connectivity index (χ3n) is 7.16. The molecule has 2 heteroatoms. The van der Waals surface area contributed by atoms with Gasteiger partial charge in [0.05, 0.1) is 0 Å². The smallest absolute Gasteiger partial charge is 0.137 e. The van der Waals surface area contributed by atoms with E-state index in [9.17, 15) is 4.79 Å². The van der Waals surface area contributed by atoms with Gasteiger partial charge in [-0.25, -0.2) is 0 Å². The van der Waals surface area contributed by atoms with Crippen molar-refractivity contribution in [2.45, 2.75) is 64.7 Å². The van der Waals surface area contributed by atoms with Crippen molar-refractivity contribution in [2.75, 3.05) is 13.2 Å². The van der Waals surface area contributed by atoms with Crippen LogP contribution in [0.5, 0.6) is 0 Å². The van der Waals surface area contributed by atoms with Crippen LogP contribution in [0.15, 0.2) is 71.8 Å². The molecule has 2 nitrogen and oxygen atoms in total. The molecule has 1 fully saturated rings. The zero-order valence-corrected chi connectivity index (χ0v) is 19.6. The first kappa shape index (κ1) is 22.7. The van der Waals surface area contributed by atoms with E-state index in [2.05, 4.69) is 74.5 Å². The van der Waals surface area contributed by atoms with Crippen molar-refractivity contribution in [3.8, 4) is 0 Å². The molecule has 0 saturated carbocycles. The molecule has 1 atom stereocenters. The number of hydrogen-bond donors (Lipinski definition) is 0. The predicted molar refractivity (Wildman–Crippen MR) is 132 cm³/mol. The summed E-state index contributed by atoms with van der Waals surface area (Å²) in [6, 6.07) is 17.3. The van der Waals surface area contributed by atoms with E-state index < -0.39 is 0 Å². The topological polar surface area (TPSA) is 26.3 Å². The van der Waals surface area contributed by atoms with Crippen LogP contribution in [-0.4, -0.2) is 19.0 Å². The monoisotopic (exact) mass is 428 g/mol. The van der Waals surface area contributed by atoms with Crippen LogP contribution in [0.3, 0.4) is 0 Å². The lowest BCUT2D eigenvalue weighted by Crippen LogP contribution is -2.15. The van der Waals surface area contributed by atoms with E-state index in [0.717, 1.165) is 50.9 Å². The number of rotatable bonds is 9. The van der Waals surface area contributed by atoms with Crippen LogP contribution in [0.2, 0.25) is 0 Å². The van der Waals surface area contributed by atoms with Crippen LogP contribution >= 0.6 is 0 Å². The molecule has 2 aromatic carbocycles. The zero-order chi connectivity index (χ0) is 22.3. The molecule has 1 aliphatic carbocycles. The van der Waals surface area contributed by atoms with E-state index in [-0.39, 0.29) is 0 Å². The summed E-state index contributed by atoms with van der Waals surface area (Å²) in [6.07, 6.45) is 10.9. The highest BCUT2D eigenvalue weighted by Crippen LogP contribution is 2.35. The van der Waals surface area contributed by atoms with Gasteiger partial charge in [0, 0.05) is 32.0 Å². The van der Waals surface area contributed by atoms with E-state index in [4.69, 9.17) is 4.74 Å². The number of carbonyl (C=O) groups excluding carboxylic acids is 1. The number of ketones is 1. The second-order valence-electron chi connectivity index (χ2n) is 9.40. The Morgan fingerprint density at radius 2 is 1.72 bits per heavy atom. The minimum atomic E-state index is 0.343. The van der Waals surface area contributed by atoms with Crippen molar-refractivity contribution in [1.29, 1.82) is 0 Å². The Morgan fingerprint density at radius 3 is 2.44 bits per heavy atom. The lowest BCUT2D eigenvalue weighted by atomic mass is 9.86. The molecule has 0 bridgehead atoms. The second-order valence-corrected chi connectivity index (χ2v) is 9.40. The third-order valence-corrected chi connectivity index (χ3v) is 7.16. The number of allylic oxidation sites excluding steroid dienone is 4. The van der Waals surface area contributed by atoms with Gasteiger partial charge in [-0.1, -0.05) is 78.8 Å². The van der Waals surface area contributed by atoms with Gasteiger partial charge in [-0.05, 0) is 67.2 Å². The minimum absolute atomic E-state index is 0.343. The number of hydrogen-bond acceptors (Lipinski definition) is 2. The van der Waals surface area contributed by atoms with Crippen molar-refractivity contribution >= 4 is 5.78 Å². The van der Waals surface area contributed by atoms with E-state index in [0.29, 0.717) is 30.5 Å². The lowest BCUT2D eigenvalue weighted by molar-refractivity contribution is -0.118. The Kier molecular flexibility index (Phi) is 7.76. The van der Waals surface area contributed by atoms with E-state index >= 15 is 0 Å². The summed E-state index contributed by atoms with van der Waals surface area (Å²) in [5, 5.41) is 0. The molecule has 1 aliphatic heterocycles. The molecule has 2 aromatic rings. The number of benzene rings is 2. The SMILES string of the molecule is CCC1C(CCC(=O)Cc2ccc(C3CCOCC3)c(C)c2)=CC=C1Cc1ccccc1. The molecular weight excluding hydrogens is 392 g/mol. The normalized spacial score (nSPS) is 19.0. The van der Waals surface area contributed by atoms with Crippen LogP contribution in [0.4, 0.5) is 0 Å². The third kappa shape index (κ3) is 5.66. The van der Waals surface area contributed by atoms with Crippen molar-refractivity contribution in [1.82, 2.24) is 0 Å². The van der Waals surface area contributed by atoms with Crippen molar-refractivity contribution in [3.63, 3.8) is 0 Å². The molecule has 0 radical (unpaired) electrons. The van der Waals surface area contributed by atoms with E-state index in [1.54, 1.807) is 0 Å². The number of carbonyl (C=O) groups is 1. The Balaban J connectivity index is 1.29. The molecule has 0 spiro atoms. The fourth-order valence-corrected chi connectivity index (χ4v) is 5.39. The molecular formula is C30H36O2. The van der Waals surface area contributed by atoms with Crippen molar-refractivity contribution in [2.24, 2.45) is 5.92 Å². The first-order valence-electron chi connectivity index (χ1n) is 12.3. The quantitative estimate of drug-likeness (QED) is 0.433. The first-order valence-corrected chi connectivity index (χ1v) is 12.3. The van der Waals surface area contributed by atoms with Crippen LogP contribution in [-0.2, 0) is 22.4 Å². The van der Waals surface area contributed by atoms with Gasteiger partial charge in [-0.2, -0.15) is 0 Å². The Bertz CT molecular complexity index is 977. The number of Topliss-reactive ketones (excluding diaryl/α,β-unsaturated/α-hetero) is 1. The molecule has 0 N–H and O–H groups in total. The van der Waals surface area contributed by atoms with E-state index in [1.165, 1.54) is 27.8 Å². The maximum atomic E-state index is 12.8. The average Bonchev–Trinajstić information content (AvgIpc) is 3.20. The fourth-order valence-electron chi connectivity index (χ4n) is 5.39. The minimum Gasteiger partial charge on any atom is -0.381 e. The van der Waals surface area contributed by atoms with Gasteiger partial charge in [-0.3, -0.25) is 4.79 Å². The number of ether oxygens (including phenoxy) is 1. The first-order chi connectivity index (χ1) is 15.6. The molecule has 0 amide bonds. The lowest BCUT2D eigenvalue weighted by Gasteiger charge is -2.24. The largest absolute Gasteiger partial charge is 0.381 e.